The van der Waals surface area contributed by atoms with E-state index >= 15 is 0 Å². The Labute approximate surface area is 144 Å². The van der Waals surface area contributed by atoms with Gasteiger partial charge in [0.1, 0.15) is 6.54 Å². The third-order valence-electron chi connectivity index (χ3n) is 3.98. The molecule has 6 heteroatoms. The van der Waals surface area contributed by atoms with Crippen LogP contribution in [0.2, 0.25) is 0 Å². The first-order chi connectivity index (χ1) is 11.5. The summed E-state index contributed by atoms with van der Waals surface area (Å²) in [5.41, 5.74) is 2.20. The molecule has 124 valence electrons. The summed E-state index contributed by atoms with van der Waals surface area (Å²) in [5, 5.41) is 2.98. The van der Waals surface area contributed by atoms with Crippen molar-refractivity contribution >= 4 is 28.3 Å². The second kappa shape index (κ2) is 6.57. The summed E-state index contributed by atoms with van der Waals surface area (Å²) in [6.07, 6.45) is 1.26. The molecule has 24 heavy (non-hydrogen) atoms. The molecule has 0 radical (unpaired) electrons. The van der Waals surface area contributed by atoms with Crippen molar-refractivity contribution in [2.75, 3.05) is 0 Å². The first-order valence-electron chi connectivity index (χ1n) is 7.76. The summed E-state index contributed by atoms with van der Waals surface area (Å²) >= 11 is 1.72. The number of para-hydroxylation sites is 2. The lowest BCUT2D eigenvalue weighted by Crippen LogP contribution is -2.34. The molecule has 0 aliphatic carbocycles. The van der Waals surface area contributed by atoms with Gasteiger partial charge in [0.05, 0.1) is 23.3 Å². The predicted molar refractivity (Wildman–Crippen MR) is 96.4 cm³/mol. The average Bonchev–Trinajstić information content (AvgIpc) is 2.89. The van der Waals surface area contributed by atoms with Gasteiger partial charge in [0.15, 0.2) is 0 Å². The molecule has 0 bridgehead atoms. The van der Waals surface area contributed by atoms with Gasteiger partial charge in [0, 0.05) is 9.75 Å². The number of aryl methyl sites for hydroxylation is 2. The highest BCUT2D eigenvalue weighted by Gasteiger charge is 2.15. The van der Waals surface area contributed by atoms with Gasteiger partial charge in [-0.05, 0) is 44.5 Å². The minimum absolute atomic E-state index is 0.0195. The normalized spacial score (nSPS) is 12.3. The number of benzene rings is 1. The molecule has 3 aromatic rings. The van der Waals surface area contributed by atoms with Crippen LogP contribution in [0.25, 0.3) is 11.0 Å². The van der Waals surface area contributed by atoms with Crippen molar-refractivity contribution < 1.29 is 4.79 Å². The van der Waals surface area contributed by atoms with Crippen molar-refractivity contribution in [3.05, 3.63) is 62.2 Å². The minimum Gasteiger partial charge on any atom is -0.348 e. The molecule has 2 aromatic heterocycles. The van der Waals surface area contributed by atoms with E-state index in [9.17, 15) is 9.59 Å². The van der Waals surface area contributed by atoms with Crippen LogP contribution in [0.3, 0.4) is 0 Å². The SMILES string of the molecule is Cc1cc([C@@H](C)NC(=O)Cn2c(=O)cnc3ccccc32)c(C)s1. The standard InChI is InChI=1S/C18H19N3O2S/c1-11-8-14(13(3)24-11)12(2)20-17(22)10-21-16-7-5-4-6-15(16)19-9-18(21)23/h4-9,12H,10H2,1-3H3,(H,20,22)/t12-/m1/s1. The maximum absolute atomic E-state index is 12.4. The van der Waals surface area contributed by atoms with Gasteiger partial charge in [-0.2, -0.15) is 0 Å². The number of aromatic nitrogens is 2. The number of carbonyl (C=O) groups is 1. The Morgan fingerprint density at radius 2 is 2.08 bits per heavy atom. The van der Waals surface area contributed by atoms with Gasteiger partial charge >= 0.3 is 0 Å². The first kappa shape index (κ1) is 16.4. The molecule has 5 nitrogen and oxygen atoms in total. The Balaban J connectivity index is 1.82. The fraction of sp³-hybridized carbons (Fsp3) is 0.278. The second-order valence-electron chi connectivity index (χ2n) is 5.83. The van der Waals surface area contributed by atoms with E-state index in [0.717, 1.165) is 5.56 Å². The number of nitrogens with zero attached hydrogens (tertiary/aromatic N) is 2. The van der Waals surface area contributed by atoms with Crippen LogP contribution >= 0.6 is 11.3 Å². The number of nitrogens with one attached hydrogen (secondary N) is 1. The molecular weight excluding hydrogens is 322 g/mol. The predicted octanol–water partition coefficient (Wildman–Crippen LogP) is 2.95. The molecule has 0 aliphatic rings. The van der Waals surface area contributed by atoms with E-state index in [0.29, 0.717) is 11.0 Å². The van der Waals surface area contributed by atoms with Crippen LogP contribution in [0, 0.1) is 13.8 Å². The zero-order valence-corrected chi connectivity index (χ0v) is 14.7. The van der Waals surface area contributed by atoms with Gasteiger partial charge in [-0.15, -0.1) is 11.3 Å². The zero-order chi connectivity index (χ0) is 17.3. The molecule has 1 N–H and O–H groups in total. The lowest BCUT2D eigenvalue weighted by molar-refractivity contribution is -0.122. The number of fused-ring (bicyclic) bond motifs is 1. The van der Waals surface area contributed by atoms with Crippen LogP contribution in [-0.4, -0.2) is 15.5 Å². The average molecular weight is 341 g/mol. The van der Waals surface area contributed by atoms with Crippen molar-refractivity contribution in [3.8, 4) is 0 Å². The summed E-state index contributed by atoms with van der Waals surface area (Å²) in [6, 6.07) is 9.31. The Bertz CT molecular complexity index is 958. The van der Waals surface area contributed by atoms with Crippen molar-refractivity contribution in [1.29, 1.82) is 0 Å². The lowest BCUT2D eigenvalue weighted by atomic mass is 10.1. The lowest BCUT2D eigenvalue weighted by Gasteiger charge is -2.15. The van der Waals surface area contributed by atoms with Crippen LogP contribution in [0.4, 0.5) is 0 Å². The van der Waals surface area contributed by atoms with Gasteiger partial charge in [0.25, 0.3) is 5.56 Å². The van der Waals surface area contributed by atoms with E-state index in [4.69, 9.17) is 0 Å². The molecule has 2 heterocycles. The van der Waals surface area contributed by atoms with Crippen LogP contribution in [0.1, 0.15) is 28.3 Å². The summed E-state index contributed by atoms with van der Waals surface area (Å²) in [5.74, 6) is -0.191. The van der Waals surface area contributed by atoms with Gasteiger partial charge < -0.3 is 5.32 Å². The summed E-state index contributed by atoms with van der Waals surface area (Å²) in [6.45, 7) is 6.04. The van der Waals surface area contributed by atoms with Crippen LogP contribution in [0.5, 0.6) is 0 Å². The Morgan fingerprint density at radius 3 is 2.79 bits per heavy atom. The number of hydrogen-bond acceptors (Lipinski definition) is 4. The topological polar surface area (TPSA) is 64.0 Å². The van der Waals surface area contributed by atoms with Crippen molar-refractivity contribution in [2.24, 2.45) is 0 Å². The Morgan fingerprint density at radius 1 is 1.33 bits per heavy atom. The molecule has 0 unspecified atom stereocenters. The number of thiophene rings is 1. The van der Waals surface area contributed by atoms with E-state index in [2.05, 4.69) is 30.2 Å². The second-order valence-corrected chi connectivity index (χ2v) is 7.29. The number of rotatable bonds is 4. The molecular formula is C18H19N3O2S. The van der Waals surface area contributed by atoms with Crippen LogP contribution < -0.4 is 10.9 Å². The van der Waals surface area contributed by atoms with E-state index in [1.54, 1.807) is 17.4 Å². The summed E-state index contributed by atoms with van der Waals surface area (Å²) in [7, 11) is 0. The Kier molecular flexibility index (Phi) is 4.49. The zero-order valence-electron chi connectivity index (χ0n) is 13.9. The van der Waals surface area contributed by atoms with Gasteiger partial charge in [-0.25, -0.2) is 4.98 Å². The van der Waals surface area contributed by atoms with Crippen molar-refractivity contribution in [1.82, 2.24) is 14.9 Å². The van der Waals surface area contributed by atoms with Crippen LogP contribution in [0.15, 0.2) is 41.3 Å². The molecule has 1 atom stereocenters. The van der Waals surface area contributed by atoms with Crippen molar-refractivity contribution in [2.45, 2.75) is 33.4 Å². The van der Waals surface area contributed by atoms with Gasteiger partial charge in [-0.1, -0.05) is 12.1 Å². The minimum atomic E-state index is -0.279. The monoisotopic (exact) mass is 341 g/mol. The molecule has 1 aromatic carbocycles. The van der Waals surface area contributed by atoms with Gasteiger partial charge in [-0.3, -0.25) is 14.2 Å². The number of hydrogen-bond donors (Lipinski definition) is 1. The third-order valence-corrected chi connectivity index (χ3v) is 4.96. The molecule has 0 saturated heterocycles. The number of carbonyl (C=O) groups excluding carboxylic acids is 1. The third kappa shape index (κ3) is 3.23. The highest BCUT2D eigenvalue weighted by atomic mass is 32.1. The molecule has 0 spiro atoms. The maximum Gasteiger partial charge on any atom is 0.269 e. The summed E-state index contributed by atoms with van der Waals surface area (Å²) < 4.78 is 1.45. The fourth-order valence-electron chi connectivity index (χ4n) is 2.87. The highest BCUT2D eigenvalue weighted by Crippen LogP contribution is 2.26. The van der Waals surface area contributed by atoms with Crippen LogP contribution in [-0.2, 0) is 11.3 Å². The van der Waals surface area contributed by atoms with Crippen molar-refractivity contribution in [3.63, 3.8) is 0 Å². The molecule has 0 saturated carbocycles. The van der Waals surface area contributed by atoms with Gasteiger partial charge in [0.2, 0.25) is 5.91 Å². The van der Waals surface area contributed by atoms with E-state index < -0.39 is 0 Å². The maximum atomic E-state index is 12.4. The van der Waals surface area contributed by atoms with E-state index in [1.807, 2.05) is 25.1 Å². The van der Waals surface area contributed by atoms with E-state index in [1.165, 1.54) is 20.5 Å². The Hall–Kier alpha value is -2.47. The first-order valence-corrected chi connectivity index (χ1v) is 8.58. The molecule has 1 amide bonds. The largest absolute Gasteiger partial charge is 0.348 e. The van der Waals surface area contributed by atoms with E-state index in [-0.39, 0.29) is 24.1 Å². The fourth-order valence-corrected chi connectivity index (χ4v) is 3.89. The molecule has 0 fully saturated rings. The highest BCUT2D eigenvalue weighted by molar-refractivity contribution is 7.12. The quantitative estimate of drug-likeness (QED) is 0.793. The summed E-state index contributed by atoms with van der Waals surface area (Å²) in [4.78, 5) is 31.1. The smallest absolute Gasteiger partial charge is 0.269 e. The molecule has 0 aliphatic heterocycles. The molecule has 3 rings (SSSR count). The number of amides is 1.